The molecule has 4 rings (SSSR count). The van der Waals surface area contributed by atoms with E-state index in [0.717, 1.165) is 23.1 Å². The third kappa shape index (κ3) is 4.02. The van der Waals surface area contributed by atoms with E-state index in [1.807, 2.05) is 36.4 Å². The highest BCUT2D eigenvalue weighted by Crippen LogP contribution is 2.52. The van der Waals surface area contributed by atoms with Gasteiger partial charge in [0, 0.05) is 17.2 Å². The molecule has 1 aliphatic heterocycles. The van der Waals surface area contributed by atoms with Gasteiger partial charge >= 0.3 is 5.97 Å². The maximum Gasteiger partial charge on any atom is 0.313 e. The van der Waals surface area contributed by atoms with Crippen LogP contribution in [0.1, 0.15) is 24.0 Å². The fourth-order valence-corrected chi connectivity index (χ4v) is 4.80. The number of esters is 1. The van der Waals surface area contributed by atoms with Gasteiger partial charge in [-0.15, -0.1) is 0 Å². The van der Waals surface area contributed by atoms with Crippen molar-refractivity contribution in [2.75, 3.05) is 26.1 Å². The van der Waals surface area contributed by atoms with Crippen LogP contribution in [0.3, 0.4) is 0 Å². The number of allylic oxidation sites excluding steroid dienone is 1. The van der Waals surface area contributed by atoms with Gasteiger partial charge in [-0.1, -0.05) is 36.4 Å². The van der Waals surface area contributed by atoms with Gasteiger partial charge in [-0.05, 0) is 43.0 Å². The molecule has 1 N–H and O–H groups in total. The summed E-state index contributed by atoms with van der Waals surface area (Å²) in [5.41, 5.74) is 3.14. The summed E-state index contributed by atoms with van der Waals surface area (Å²) >= 11 is 0. The van der Waals surface area contributed by atoms with Crippen molar-refractivity contribution in [3.05, 3.63) is 65.7 Å². The van der Waals surface area contributed by atoms with Gasteiger partial charge < -0.3 is 19.5 Å². The fraction of sp³-hybridized carbons (Fsp3) is 0.360. The maximum absolute atomic E-state index is 12.6. The molecule has 1 amide bonds. The number of hydrogen-bond donors (Lipinski definition) is 1. The first-order valence-corrected chi connectivity index (χ1v) is 10.4. The van der Waals surface area contributed by atoms with E-state index < -0.39 is 5.41 Å². The summed E-state index contributed by atoms with van der Waals surface area (Å²) in [7, 11) is 3.12. The lowest BCUT2D eigenvalue weighted by Gasteiger charge is -2.24. The largest absolute Gasteiger partial charge is 0.493 e. The summed E-state index contributed by atoms with van der Waals surface area (Å²) in [5, 5.41) is 2.92. The van der Waals surface area contributed by atoms with Crippen molar-refractivity contribution < 1.29 is 23.8 Å². The second-order valence-corrected chi connectivity index (χ2v) is 8.33. The fourth-order valence-electron chi connectivity index (χ4n) is 4.80. The maximum atomic E-state index is 12.6. The molecule has 0 radical (unpaired) electrons. The number of fused-ring (bicyclic) bond motifs is 1. The van der Waals surface area contributed by atoms with Crippen LogP contribution < -0.4 is 14.8 Å². The lowest BCUT2D eigenvalue weighted by Crippen LogP contribution is -2.31. The number of carbonyl (C=O) groups excluding carboxylic acids is 2. The predicted octanol–water partition coefficient (Wildman–Crippen LogP) is 3.94. The van der Waals surface area contributed by atoms with Gasteiger partial charge in [0.1, 0.15) is 0 Å². The van der Waals surface area contributed by atoms with E-state index in [1.165, 1.54) is 0 Å². The van der Waals surface area contributed by atoms with E-state index in [-0.39, 0.29) is 24.2 Å². The number of carbonyl (C=O) groups is 2. The Morgan fingerprint density at radius 3 is 2.68 bits per heavy atom. The summed E-state index contributed by atoms with van der Waals surface area (Å²) in [6, 6.07) is 13.1. The second kappa shape index (κ2) is 8.46. The minimum Gasteiger partial charge on any atom is -0.493 e. The second-order valence-electron chi connectivity index (χ2n) is 8.33. The first kappa shape index (κ1) is 21.0. The number of rotatable bonds is 7. The van der Waals surface area contributed by atoms with E-state index in [9.17, 15) is 9.59 Å². The molecule has 162 valence electrons. The Balaban J connectivity index is 1.42. The van der Waals surface area contributed by atoms with Gasteiger partial charge in [-0.2, -0.15) is 0 Å². The highest BCUT2D eigenvalue weighted by Gasteiger charge is 2.55. The number of methoxy groups -OCH3 is 2. The molecule has 2 aromatic rings. The molecule has 1 heterocycles. The van der Waals surface area contributed by atoms with Crippen LogP contribution in [0.25, 0.3) is 0 Å². The van der Waals surface area contributed by atoms with Crippen LogP contribution in [0.15, 0.2) is 54.6 Å². The quantitative estimate of drug-likeness (QED) is 0.542. The number of ether oxygens (including phenoxy) is 3. The zero-order chi connectivity index (χ0) is 22.0. The monoisotopic (exact) mass is 421 g/mol. The van der Waals surface area contributed by atoms with Crippen molar-refractivity contribution in [3.8, 4) is 11.5 Å². The smallest absolute Gasteiger partial charge is 0.313 e. The van der Waals surface area contributed by atoms with Gasteiger partial charge in [0.2, 0.25) is 5.91 Å². The molecular formula is C25H27NO5. The van der Waals surface area contributed by atoms with Crippen molar-refractivity contribution in [1.82, 2.24) is 0 Å². The van der Waals surface area contributed by atoms with Gasteiger partial charge in [-0.25, -0.2) is 0 Å². The number of nitrogens with one attached hydrogen (secondary N) is 1. The number of hydrogen-bond acceptors (Lipinski definition) is 5. The van der Waals surface area contributed by atoms with E-state index in [1.54, 1.807) is 20.3 Å². The highest BCUT2D eigenvalue weighted by atomic mass is 16.5. The number of para-hydroxylation sites is 1. The number of anilines is 1. The molecule has 2 unspecified atom stereocenters. The predicted molar refractivity (Wildman–Crippen MR) is 117 cm³/mol. The zero-order valence-corrected chi connectivity index (χ0v) is 17.9. The lowest BCUT2D eigenvalue weighted by atomic mass is 9.75. The molecule has 2 aromatic carbocycles. The van der Waals surface area contributed by atoms with Gasteiger partial charge in [-0.3, -0.25) is 9.59 Å². The van der Waals surface area contributed by atoms with Crippen molar-refractivity contribution >= 4 is 17.6 Å². The Labute approximate surface area is 182 Å². The van der Waals surface area contributed by atoms with E-state index in [2.05, 4.69) is 11.9 Å². The molecule has 1 saturated carbocycles. The van der Waals surface area contributed by atoms with E-state index in [0.29, 0.717) is 36.6 Å². The Morgan fingerprint density at radius 2 is 1.97 bits per heavy atom. The molecule has 0 bridgehead atoms. The summed E-state index contributed by atoms with van der Waals surface area (Å²) in [6.07, 6.45) is 2.34. The van der Waals surface area contributed by atoms with Crippen molar-refractivity contribution in [3.63, 3.8) is 0 Å². The lowest BCUT2D eigenvalue weighted by molar-refractivity contribution is -0.146. The van der Waals surface area contributed by atoms with Crippen molar-refractivity contribution in [1.29, 1.82) is 0 Å². The van der Waals surface area contributed by atoms with Gasteiger partial charge in [0.25, 0.3) is 0 Å². The number of benzene rings is 2. The Hall–Kier alpha value is -3.28. The molecule has 1 saturated heterocycles. The minimum absolute atomic E-state index is 0.110. The first-order chi connectivity index (χ1) is 14.9. The Bertz CT molecular complexity index is 1010. The third-order valence-electron chi connectivity index (χ3n) is 6.30. The van der Waals surface area contributed by atoms with Crippen LogP contribution in [0.2, 0.25) is 0 Å². The molecule has 1 aliphatic carbocycles. The topological polar surface area (TPSA) is 73.9 Å². The molecule has 2 fully saturated rings. The Morgan fingerprint density at radius 1 is 1.19 bits per heavy atom. The molecule has 6 heteroatoms. The standard InChI is InChI=1S/C25H27NO5/c1-16-11-19-15-31-24(28)25(19,13-16)14-17-7-9-20(10-8-17)26-22(27)12-18-5-4-6-21(29-2)23(18)30-3/h4-10,19H,1,11-15H2,2-3H3,(H,26,27). The number of cyclic esters (lactones) is 1. The molecule has 6 nitrogen and oxygen atoms in total. The van der Waals surface area contributed by atoms with Crippen LogP contribution in [0, 0.1) is 11.3 Å². The van der Waals surface area contributed by atoms with E-state index in [4.69, 9.17) is 14.2 Å². The molecule has 0 spiro atoms. The number of amides is 1. The normalized spacial score (nSPS) is 22.1. The SMILES string of the molecule is C=C1CC2COC(=O)C2(Cc2ccc(NC(=O)Cc3cccc(OC)c3OC)cc2)C1. The zero-order valence-electron chi connectivity index (χ0n) is 17.9. The average Bonchev–Trinajstić information content (AvgIpc) is 3.22. The van der Waals surface area contributed by atoms with E-state index >= 15 is 0 Å². The van der Waals surface area contributed by atoms with Crippen molar-refractivity contribution in [2.45, 2.75) is 25.7 Å². The van der Waals surface area contributed by atoms with Crippen LogP contribution in [-0.4, -0.2) is 32.7 Å². The summed E-state index contributed by atoms with van der Waals surface area (Å²) in [5.74, 6) is 1.11. The molecular weight excluding hydrogens is 394 g/mol. The van der Waals surface area contributed by atoms with Crippen LogP contribution in [0.4, 0.5) is 5.69 Å². The molecule has 31 heavy (non-hydrogen) atoms. The highest BCUT2D eigenvalue weighted by molar-refractivity contribution is 5.92. The van der Waals surface area contributed by atoms with Crippen molar-refractivity contribution in [2.24, 2.45) is 11.3 Å². The molecule has 2 aliphatic rings. The summed E-state index contributed by atoms with van der Waals surface area (Å²) in [4.78, 5) is 25.0. The summed E-state index contributed by atoms with van der Waals surface area (Å²) in [6.45, 7) is 4.58. The van der Waals surface area contributed by atoms with Gasteiger partial charge in [0.15, 0.2) is 11.5 Å². The first-order valence-electron chi connectivity index (χ1n) is 10.4. The van der Waals surface area contributed by atoms with Crippen LogP contribution >= 0.6 is 0 Å². The third-order valence-corrected chi connectivity index (χ3v) is 6.30. The molecule has 2 atom stereocenters. The Kier molecular flexibility index (Phi) is 5.72. The average molecular weight is 421 g/mol. The van der Waals surface area contributed by atoms with Gasteiger partial charge in [0.05, 0.1) is 32.7 Å². The molecule has 0 aromatic heterocycles. The minimum atomic E-state index is -0.481. The van der Waals surface area contributed by atoms with Crippen LogP contribution in [-0.2, 0) is 27.2 Å². The summed E-state index contributed by atoms with van der Waals surface area (Å²) < 4.78 is 16.0. The van der Waals surface area contributed by atoms with Crippen LogP contribution in [0.5, 0.6) is 11.5 Å².